The molecule has 2 aliphatic heterocycles. The summed E-state index contributed by atoms with van der Waals surface area (Å²) < 4.78 is 33.4. The number of rotatable bonds is 2. The van der Waals surface area contributed by atoms with Crippen LogP contribution >= 0.6 is 0 Å². The molecule has 0 aliphatic carbocycles. The van der Waals surface area contributed by atoms with Crippen molar-refractivity contribution < 1.29 is 13.5 Å². The van der Waals surface area contributed by atoms with Gasteiger partial charge in [-0.2, -0.15) is 9.97 Å². The van der Waals surface area contributed by atoms with Crippen LogP contribution in [0.15, 0.2) is 0 Å². The highest BCUT2D eigenvalue weighted by Crippen LogP contribution is 2.32. The Hall–Kier alpha value is -2.16. The lowest BCUT2D eigenvalue weighted by Gasteiger charge is -2.34. The number of hydrogen-bond donors (Lipinski definition) is 0. The second kappa shape index (κ2) is 6.53. The Morgan fingerprint density at radius 2 is 1.65 bits per heavy atom. The van der Waals surface area contributed by atoms with E-state index in [1.54, 1.807) is 4.90 Å². The predicted octanol–water partition coefficient (Wildman–Crippen LogP) is 2.11. The van der Waals surface area contributed by atoms with E-state index in [9.17, 15) is 8.78 Å². The highest BCUT2D eigenvalue weighted by molar-refractivity contribution is 5.84. The Labute approximate surface area is 150 Å². The second-order valence-corrected chi connectivity index (χ2v) is 6.89. The zero-order valence-electron chi connectivity index (χ0n) is 15.0. The van der Waals surface area contributed by atoms with Gasteiger partial charge in [0.1, 0.15) is 0 Å². The number of aryl methyl sites for hydroxylation is 2. The summed E-state index contributed by atoms with van der Waals surface area (Å²) in [6.07, 6.45) is 0.330. The molecule has 4 heterocycles. The van der Waals surface area contributed by atoms with Gasteiger partial charge in [0.2, 0.25) is 5.95 Å². The molecule has 4 rings (SSSR count). The standard InChI is InChI=1S/C17H22F2N6O/c1-11-12(2)21-14-13(20-11)15(25-5-3-4-17(18,19)10-25)23-16(22-14)24-6-8-26-9-7-24/h3-10H2,1-2H3. The van der Waals surface area contributed by atoms with Gasteiger partial charge < -0.3 is 14.5 Å². The Morgan fingerprint density at radius 3 is 2.38 bits per heavy atom. The molecule has 0 unspecified atom stereocenters. The van der Waals surface area contributed by atoms with Crippen molar-refractivity contribution in [2.24, 2.45) is 0 Å². The first-order valence-electron chi connectivity index (χ1n) is 8.91. The first-order chi connectivity index (χ1) is 12.4. The molecule has 2 aliphatic rings. The van der Waals surface area contributed by atoms with Gasteiger partial charge in [-0.3, -0.25) is 0 Å². The molecule has 2 aromatic heterocycles. The van der Waals surface area contributed by atoms with Crippen LogP contribution in [0.3, 0.4) is 0 Å². The van der Waals surface area contributed by atoms with Crippen molar-refractivity contribution >= 4 is 22.9 Å². The van der Waals surface area contributed by atoms with Crippen LogP contribution in [0.5, 0.6) is 0 Å². The highest BCUT2D eigenvalue weighted by atomic mass is 19.3. The maximum atomic E-state index is 14.0. The van der Waals surface area contributed by atoms with E-state index in [1.165, 1.54) is 0 Å². The number of morpholine rings is 1. The summed E-state index contributed by atoms with van der Waals surface area (Å²) >= 11 is 0. The molecule has 0 spiro atoms. The number of hydrogen-bond acceptors (Lipinski definition) is 7. The molecule has 0 aromatic carbocycles. The lowest BCUT2D eigenvalue weighted by Crippen LogP contribution is -2.43. The normalized spacial score (nSPS) is 20.6. The monoisotopic (exact) mass is 364 g/mol. The minimum absolute atomic E-state index is 0.0906. The van der Waals surface area contributed by atoms with Crippen molar-refractivity contribution in [3.8, 4) is 0 Å². The molecular formula is C17H22F2N6O. The van der Waals surface area contributed by atoms with Gasteiger partial charge >= 0.3 is 0 Å². The molecule has 9 heteroatoms. The summed E-state index contributed by atoms with van der Waals surface area (Å²) in [6.45, 7) is 6.42. The Morgan fingerprint density at radius 1 is 0.923 bits per heavy atom. The quantitative estimate of drug-likeness (QED) is 0.808. The van der Waals surface area contributed by atoms with Gasteiger partial charge in [-0.15, -0.1) is 0 Å². The summed E-state index contributed by atoms with van der Waals surface area (Å²) in [4.78, 5) is 21.9. The van der Waals surface area contributed by atoms with Gasteiger partial charge in [0, 0.05) is 26.1 Å². The lowest BCUT2D eigenvalue weighted by atomic mass is 10.1. The Bertz CT molecular complexity index is 824. The summed E-state index contributed by atoms with van der Waals surface area (Å²) in [6, 6.07) is 0. The van der Waals surface area contributed by atoms with Crippen molar-refractivity contribution in [1.29, 1.82) is 0 Å². The molecule has 0 N–H and O–H groups in total. The average Bonchev–Trinajstić information content (AvgIpc) is 2.62. The topological polar surface area (TPSA) is 67.3 Å². The van der Waals surface area contributed by atoms with E-state index < -0.39 is 5.92 Å². The summed E-state index contributed by atoms with van der Waals surface area (Å²) in [5.41, 5.74) is 2.47. The van der Waals surface area contributed by atoms with Gasteiger partial charge in [0.05, 0.1) is 31.1 Å². The smallest absolute Gasteiger partial charge is 0.265 e. The van der Waals surface area contributed by atoms with Crippen molar-refractivity contribution in [1.82, 2.24) is 19.9 Å². The zero-order chi connectivity index (χ0) is 18.3. The van der Waals surface area contributed by atoms with Crippen LogP contribution < -0.4 is 9.80 Å². The van der Waals surface area contributed by atoms with Gasteiger partial charge in [-0.05, 0) is 20.3 Å². The fourth-order valence-electron chi connectivity index (χ4n) is 3.36. The number of nitrogens with zero attached hydrogens (tertiary/aromatic N) is 6. The number of anilines is 2. The number of aromatic nitrogens is 4. The summed E-state index contributed by atoms with van der Waals surface area (Å²) in [7, 11) is 0. The van der Waals surface area contributed by atoms with Crippen molar-refractivity contribution in [2.45, 2.75) is 32.6 Å². The third kappa shape index (κ3) is 3.27. The number of alkyl halides is 2. The third-order valence-corrected chi connectivity index (χ3v) is 4.90. The summed E-state index contributed by atoms with van der Waals surface area (Å²) in [5, 5.41) is 0. The van der Waals surface area contributed by atoms with Gasteiger partial charge in [-0.25, -0.2) is 18.7 Å². The molecule has 0 radical (unpaired) electrons. The Kier molecular flexibility index (Phi) is 4.34. The first kappa shape index (κ1) is 17.3. The van der Waals surface area contributed by atoms with Crippen LogP contribution in [0, 0.1) is 13.8 Å². The zero-order valence-corrected chi connectivity index (χ0v) is 15.0. The number of fused-ring (bicyclic) bond motifs is 1. The van der Waals surface area contributed by atoms with Crippen LogP contribution in [0.2, 0.25) is 0 Å². The number of ether oxygens (including phenoxy) is 1. The molecule has 140 valence electrons. The number of halogens is 2. The van der Waals surface area contributed by atoms with Gasteiger partial charge in [0.15, 0.2) is 17.0 Å². The maximum absolute atomic E-state index is 14.0. The van der Waals surface area contributed by atoms with E-state index in [2.05, 4.69) is 19.9 Å². The first-order valence-corrected chi connectivity index (χ1v) is 8.91. The van der Waals surface area contributed by atoms with E-state index in [-0.39, 0.29) is 13.0 Å². The van der Waals surface area contributed by atoms with E-state index in [0.29, 0.717) is 62.2 Å². The van der Waals surface area contributed by atoms with E-state index in [4.69, 9.17) is 4.74 Å². The maximum Gasteiger partial charge on any atom is 0.265 e. The van der Waals surface area contributed by atoms with Crippen LogP contribution in [0.25, 0.3) is 11.2 Å². The molecule has 2 saturated heterocycles. The van der Waals surface area contributed by atoms with Gasteiger partial charge in [-0.1, -0.05) is 0 Å². The average molecular weight is 364 g/mol. The largest absolute Gasteiger partial charge is 0.378 e. The SMILES string of the molecule is Cc1nc2nc(N3CCOCC3)nc(N3CCCC(F)(F)C3)c2nc1C. The molecule has 2 aromatic rings. The summed E-state index contributed by atoms with van der Waals surface area (Å²) in [5.74, 6) is -1.77. The van der Waals surface area contributed by atoms with E-state index in [1.807, 2.05) is 18.7 Å². The molecule has 0 bridgehead atoms. The minimum Gasteiger partial charge on any atom is -0.378 e. The fourth-order valence-corrected chi connectivity index (χ4v) is 3.36. The molecule has 7 nitrogen and oxygen atoms in total. The predicted molar refractivity (Wildman–Crippen MR) is 94.0 cm³/mol. The van der Waals surface area contributed by atoms with Crippen LogP contribution in [0.1, 0.15) is 24.2 Å². The van der Waals surface area contributed by atoms with Crippen molar-refractivity contribution in [2.75, 3.05) is 49.2 Å². The van der Waals surface area contributed by atoms with Crippen LogP contribution in [-0.4, -0.2) is 65.3 Å². The molecule has 2 fully saturated rings. The molecule has 0 atom stereocenters. The van der Waals surface area contributed by atoms with E-state index in [0.717, 1.165) is 11.4 Å². The Balaban J connectivity index is 1.83. The van der Waals surface area contributed by atoms with Crippen LogP contribution in [0.4, 0.5) is 20.5 Å². The van der Waals surface area contributed by atoms with Crippen LogP contribution in [-0.2, 0) is 4.74 Å². The molecular weight excluding hydrogens is 342 g/mol. The third-order valence-electron chi connectivity index (χ3n) is 4.90. The van der Waals surface area contributed by atoms with Gasteiger partial charge in [0.25, 0.3) is 5.92 Å². The fraction of sp³-hybridized carbons (Fsp3) is 0.647. The second-order valence-electron chi connectivity index (χ2n) is 6.89. The highest BCUT2D eigenvalue weighted by Gasteiger charge is 2.37. The van der Waals surface area contributed by atoms with Crippen molar-refractivity contribution in [3.05, 3.63) is 11.4 Å². The lowest BCUT2D eigenvalue weighted by molar-refractivity contribution is -0.0118. The van der Waals surface area contributed by atoms with E-state index >= 15 is 0 Å². The number of piperidine rings is 1. The molecule has 26 heavy (non-hydrogen) atoms. The minimum atomic E-state index is -2.72. The van der Waals surface area contributed by atoms with Crippen molar-refractivity contribution in [3.63, 3.8) is 0 Å². The molecule has 0 amide bonds. The molecule has 0 saturated carbocycles.